The number of nitrogens with two attached hydrogens (primary N) is 1. The van der Waals surface area contributed by atoms with Gasteiger partial charge in [0.1, 0.15) is 102 Å². The van der Waals surface area contributed by atoms with Crippen molar-refractivity contribution >= 4 is 29.2 Å². The minimum Gasteiger partial charge on any atom is -0.505 e. The molecule has 10 fully saturated rings. The van der Waals surface area contributed by atoms with Gasteiger partial charge in [-0.15, -0.1) is 0 Å². The molecule has 0 aliphatic carbocycles. The Morgan fingerprint density at radius 1 is 0.681 bits per heavy atom. The summed E-state index contributed by atoms with van der Waals surface area (Å²) < 4.78 is 147. The summed E-state index contributed by atoms with van der Waals surface area (Å²) in [5, 5.41) is 68.8. The molecule has 31 atom stereocenters. The number of ether oxygens (including phenoxy) is 24. The van der Waals surface area contributed by atoms with E-state index < -0.39 is 201 Å². The predicted molar refractivity (Wildman–Crippen MR) is 298 cm³/mol. The zero-order valence-electron chi connectivity index (χ0n) is 52.3. The number of aromatic hydroxyl groups is 1. The number of phenols is 1. The van der Waals surface area contributed by atoms with Crippen LogP contribution in [-0.4, -0.2) is 295 Å². The fourth-order valence-electron chi connectivity index (χ4n) is 14.0. The summed E-state index contributed by atoms with van der Waals surface area (Å²) in [7, 11) is 8.31. The summed E-state index contributed by atoms with van der Waals surface area (Å²) in [6.45, 7) is 9.01. The van der Waals surface area contributed by atoms with Crippen molar-refractivity contribution in [1.82, 2.24) is 0 Å². The number of halogens is 2. The molecule has 10 aliphatic heterocycles. The molecule has 91 heavy (non-hydrogen) atoms. The first-order valence-corrected chi connectivity index (χ1v) is 30.9. The number of carbonyl (C=O) groups is 1. The van der Waals surface area contributed by atoms with Gasteiger partial charge in [-0.2, -0.15) is 0 Å². The number of benzene rings is 1. The van der Waals surface area contributed by atoms with Crippen molar-refractivity contribution in [2.75, 3.05) is 69.3 Å². The Kier molecular flexibility index (Phi) is 21.2. The number of esters is 1. The van der Waals surface area contributed by atoms with Gasteiger partial charge >= 0.3 is 11.9 Å². The van der Waals surface area contributed by atoms with Crippen molar-refractivity contribution in [3.8, 4) is 11.5 Å². The van der Waals surface area contributed by atoms with Gasteiger partial charge in [0.2, 0.25) is 0 Å². The zero-order chi connectivity index (χ0) is 65.6. The highest BCUT2D eigenvalue weighted by Gasteiger charge is 2.71. The molecule has 32 nitrogen and oxygen atoms in total. The van der Waals surface area contributed by atoms with E-state index in [9.17, 15) is 35.4 Å². The van der Waals surface area contributed by atoms with Crippen LogP contribution in [0.5, 0.6) is 11.5 Å². The monoisotopic (exact) mass is 1350 g/mol. The smallest absolute Gasteiger partial charge is 0.342 e. The van der Waals surface area contributed by atoms with Crippen LogP contribution in [-0.2, 0) is 109 Å². The second-order valence-corrected chi connectivity index (χ2v) is 25.3. The summed E-state index contributed by atoms with van der Waals surface area (Å²) >= 11 is 12.5. The molecule has 1 unspecified atom stereocenters. The number of aliphatic hydroxyl groups excluding tert-OH is 4. The van der Waals surface area contributed by atoms with Crippen molar-refractivity contribution in [2.24, 2.45) is 5.73 Å². The van der Waals surface area contributed by atoms with Gasteiger partial charge in [0.05, 0.1) is 81.1 Å². The lowest BCUT2D eigenvalue weighted by atomic mass is 9.85. The molecule has 0 bridgehead atoms. The predicted octanol–water partition coefficient (Wildman–Crippen LogP) is -0.547. The quantitative estimate of drug-likeness (QED) is 0.0907. The molecule has 10 saturated heterocycles. The van der Waals surface area contributed by atoms with Gasteiger partial charge in [-0.1, -0.05) is 23.2 Å². The molecule has 1 aromatic rings. The summed E-state index contributed by atoms with van der Waals surface area (Å²) in [6, 6.07) is 0. The molecule has 10 heterocycles. The van der Waals surface area contributed by atoms with Crippen molar-refractivity contribution in [2.45, 2.75) is 250 Å². The molecule has 0 radical (unpaired) electrons. The number of rotatable bonds is 18. The SMILES string of the molecule is COC[C@H]1O[C@@H](O[C@@H]2OC[C@@H]3O[C@@]4(OC[C@@](O)(C(C)OC)[C@@H]5OCO[C@H]54)O[C@H]3[C@H]2OC)[C@@H](OC)[C@@H](O)[C@@H]1O[C@@H]1O[C@H](C)[C@H](OC)[C@H](O[C@H]2C[C@@]3(N)O[C@@]4(C[C@@H](O)[C@H](O[C@H]5C[C@@H](O)[C@H](OC(=O)c6c(C)c(Cl)c(O)c(Cl)c6OC)[C@@H](C)O5)[C@@H](C)O4)O[C@@H]3[C@@H](C)O2)[C@H]1O. The van der Waals surface area contributed by atoms with E-state index >= 15 is 0 Å². The van der Waals surface area contributed by atoms with Crippen molar-refractivity contribution in [3.63, 3.8) is 0 Å². The molecule has 0 saturated carbocycles. The third-order valence-electron chi connectivity index (χ3n) is 18.8. The molecule has 0 amide bonds. The molecule has 2 spiro atoms. The Bertz CT molecular complexity index is 2670. The Labute approximate surface area is 534 Å². The van der Waals surface area contributed by atoms with E-state index in [2.05, 4.69) is 0 Å². The molecule has 34 heteroatoms. The highest BCUT2D eigenvalue weighted by molar-refractivity contribution is 6.39. The van der Waals surface area contributed by atoms with Crippen LogP contribution in [0.4, 0.5) is 0 Å². The Morgan fingerprint density at radius 2 is 1.37 bits per heavy atom. The molecule has 0 aromatic heterocycles. The number of fused-ring (bicyclic) bond motifs is 4. The van der Waals surface area contributed by atoms with Crippen LogP contribution in [0.1, 0.15) is 69.8 Å². The maximum absolute atomic E-state index is 13.5. The number of methoxy groups -OCH3 is 6. The Morgan fingerprint density at radius 3 is 2.04 bits per heavy atom. The van der Waals surface area contributed by atoms with Crippen molar-refractivity contribution < 1.29 is 149 Å². The first-order valence-electron chi connectivity index (χ1n) is 30.1. The van der Waals surface area contributed by atoms with Gasteiger partial charge in [0.25, 0.3) is 5.97 Å². The van der Waals surface area contributed by atoms with E-state index in [1.807, 2.05) is 0 Å². The number of phenolic OH excluding ortho intramolecular Hbond substituents is 1. The van der Waals surface area contributed by atoms with E-state index in [1.54, 1.807) is 34.6 Å². The summed E-state index contributed by atoms with van der Waals surface area (Å²) in [5.41, 5.74) is 3.76. The third-order valence-corrected chi connectivity index (χ3v) is 19.6. The number of hydrogen-bond donors (Lipinski definition) is 7. The number of hydrogen-bond acceptors (Lipinski definition) is 32. The van der Waals surface area contributed by atoms with Crippen LogP contribution in [0.15, 0.2) is 0 Å². The molecule has 8 N–H and O–H groups in total. The fourth-order valence-corrected chi connectivity index (χ4v) is 14.5. The van der Waals surface area contributed by atoms with Crippen LogP contribution in [0.25, 0.3) is 0 Å². The van der Waals surface area contributed by atoms with Gasteiger partial charge in [0, 0.05) is 48.4 Å². The molecular formula is C57H85Cl2NO31. The lowest BCUT2D eigenvalue weighted by molar-refractivity contribution is -0.422. The topological polar surface area (TPSA) is 386 Å². The molecule has 11 rings (SSSR count). The van der Waals surface area contributed by atoms with Gasteiger partial charge < -0.3 is 150 Å². The van der Waals surface area contributed by atoms with E-state index in [0.29, 0.717) is 0 Å². The molecule has 518 valence electrons. The van der Waals surface area contributed by atoms with Crippen LogP contribution in [0.2, 0.25) is 10.0 Å². The average molecular weight is 1350 g/mol. The first-order chi connectivity index (χ1) is 43.2. The van der Waals surface area contributed by atoms with Crippen molar-refractivity contribution in [3.05, 3.63) is 21.2 Å². The normalized spacial score (nSPS) is 48.5. The lowest BCUT2D eigenvalue weighted by Gasteiger charge is -2.49. The van der Waals surface area contributed by atoms with Crippen LogP contribution >= 0.6 is 23.2 Å². The summed E-state index contributed by atoms with van der Waals surface area (Å²) in [6.07, 6.45) is -30.7. The maximum atomic E-state index is 13.5. The first kappa shape index (κ1) is 70.1. The largest absolute Gasteiger partial charge is 0.505 e. The maximum Gasteiger partial charge on any atom is 0.342 e. The molecule has 10 aliphatic rings. The molecular weight excluding hydrogens is 1270 g/mol. The fraction of sp³-hybridized carbons (Fsp3) is 0.877. The van der Waals surface area contributed by atoms with Gasteiger partial charge in [-0.05, 0) is 47.1 Å². The van der Waals surface area contributed by atoms with Crippen LogP contribution < -0.4 is 10.5 Å². The molecule has 1 aromatic carbocycles. The van der Waals surface area contributed by atoms with Gasteiger partial charge in [-0.3, -0.25) is 0 Å². The van der Waals surface area contributed by atoms with Crippen molar-refractivity contribution in [1.29, 1.82) is 0 Å². The highest BCUT2D eigenvalue weighted by Crippen LogP contribution is 2.52. The number of aliphatic hydroxyl groups is 5. The summed E-state index contributed by atoms with van der Waals surface area (Å²) in [5.74, 6) is -5.32. The van der Waals surface area contributed by atoms with Gasteiger partial charge in [-0.25, -0.2) is 4.79 Å². The average Bonchev–Trinajstić information content (AvgIpc) is 1.59. The minimum absolute atomic E-state index is 0.0827. The Balaban J connectivity index is 0.704. The zero-order valence-corrected chi connectivity index (χ0v) is 53.8. The highest BCUT2D eigenvalue weighted by atomic mass is 35.5. The Hall–Kier alpha value is -2.25. The number of carbonyl (C=O) groups excluding carboxylic acids is 1. The third kappa shape index (κ3) is 12.8. The van der Waals surface area contributed by atoms with E-state index in [0.717, 1.165) is 0 Å². The lowest BCUT2D eigenvalue weighted by Crippen LogP contribution is -2.69. The van der Waals surface area contributed by atoms with Crippen LogP contribution in [0.3, 0.4) is 0 Å². The van der Waals surface area contributed by atoms with E-state index in [1.165, 1.54) is 49.6 Å². The van der Waals surface area contributed by atoms with Gasteiger partial charge in [0.15, 0.2) is 60.9 Å². The minimum atomic E-state index is -1.91. The summed E-state index contributed by atoms with van der Waals surface area (Å²) in [4.78, 5) is 13.5. The van der Waals surface area contributed by atoms with E-state index in [-0.39, 0.29) is 72.8 Å². The van der Waals surface area contributed by atoms with E-state index in [4.69, 9.17) is 143 Å². The second-order valence-electron chi connectivity index (χ2n) is 24.5. The van der Waals surface area contributed by atoms with Crippen LogP contribution in [0, 0.1) is 6.92 Å². The standard InChI is InChI=1S/C57H85Cl2NO31/c1-20-32(43(71-10)34(59)35(63)33(20)58)50(66)84-38-21(2)78-30(13-26(38)61)82-39-23(4)87-56(14-27(39)62)90-47-24(5)79-31(15-55(47,60)91-56)83-44-37(65)51(80-22(3)40(44)70-9)85-41-28(16-68-7)81-53(45(72-11)36(41)64)86-52-46(73-12)42-29(17-74-52)88-57(89-42)49-48(75-19-76-49)54(67,18-77-57)25(6)69-8/h21-31,36-42,44-49,51-53,61-65,67H,13-19,60H2,1-12H3/t21-,22-,23-,24-,25?,26-,27-,28-,29+,30+,31+,36+,37-,38-,39-,40+,41-,42-,44-,45+,46-,47-,48-,49-,51+,52+,53+,54-,55-,56-,57-/m1/s1. The second kappa shape index (κ2) is 27.6.